The summed E-state index contributed by atoms with van der Waals surface area (Å²) in [6, 6.07) is 7.09. The molecule has 0 spiro atoms. The van der Waals surface area contributed by atoms with E-state index in [9.17, 15) is 0 Å². The third kappa shape index (κ3) is 4.41. The van der Waals surface area contributed by atoms with Gasteiger partial charge in [0.15, 0.2) is 0 Å². The fourth-order valence-electron chi connectivity index (χ4n) is 1.04. The standard InChI is InChI=1S/C13H15NOS/c1-10(2)14-13(16-3)9-6-11-4-7-12(15)8-5-11/h4-5,7-8,10,15H,1-3H3. The second-order valence-electron chi connectivity index (χ2n) is 3.53. The Morgan fingerprint density at radius 2 is 1.94 bits per heavy atom. The maximum Gasteiger partial charge on any atom is 0.141 e. The summed E-state index contributed by atoms with van der Waals surface area (Å²) < 4.78 is 0. The van der Waals surface area contributed by atoms with Crippen LogP contribution in [0.2, 0.25) is 0 Å². The molecule has 0 aromatic heterocycles. The molecule has 0 bridgehead atoms. The zero-order chi connectivity index (χ0) is 12.0. The molecule has 2 nitrogen and oxygen atoms in total. The van der Waals surface area contributed by atoms with Crippen molar-refractivity contribution in [2.45, 2.75) is 19.9 Å². The van der Waals surface area contributed by atoms with Gasteiger partial charge in [-0.25, -0.2) is 0 Å². The normalized spacial score (nSPS) is 11.1. The Balaban J connectivity index is 2.83. The van der Waals surface area contributed by atoms with Gasteiger partial charge in [-0.1, -0.05) is 5.92 Å². The minimum atomic E-state index is 0.256. The average molecular weight is 233 g/mol. The van der Waals surface area contributed by atoms with Crippen molar-refractivity contribution in [3.05, 3.63) is 29.8 Å². The molecule has 3 heteroatoms. The molecule has 0 aliphatic rings. The Hall–Kier alpha value is -1.40. The van der Waals surface area contributed by atoms with Crippen molar-refractivity contribution in [1.82, 2.24) is 0 Å². The first-order valence-corrected chi connectivity index (χ1v) is 6.27. The topological polar surface area (TPSA) is 32.6 Å². The first-order chi connectivity index (χ1) is 7.61. The second-order valence-corrected chi connectivity index (χ2v) is 4.32. The van der Waals surface area contributed by atoms with E-state index in [0.29, 0.717) is 0 Å². The lowest BCUT2D eigenvalue weighted by atomic mass is 10.2. The van der Waals surface area contributed by atoms with E-state index in [2.05, 4.69) is 16.8 Å². The van der Waals surface area contributed by atoms with Crippen molar-refractivity contribution in [3.8, 4) is 17.6 Å². The molecule has 0 radical (unpaired) electrons. The monoisotopic (exact) mass is 233 g/mol. The van der Waals surface area contributed by atoms with Gasteiger partial charge in [0.05, 0.1) is 0 Å². The number of hydrogen-bond donors (Lipinski definition) is 1. The summed E-state index contributed by atoms with van der Waals surface area (Å²) in [7, 11) is 0. The maximum absolute atomic E-state index is 9.12. The molecule has 0 aliphatic carbocycles. The zero-order valence-electron chi connectivity index (χ0n) is 9.69. The maximum atomic E-state index is 9.12. The van der Waals surface area contributed by atoms with Crippen molar-refractivity contribution >= 4 is 16.8 Å². The van der Waals surface area contributed by atoms with Crippen LogP contribution in [0.4, 0.5) is 0 Å². The fourth-order valence-corrected chi connectivity index (χ4v) is 1.51. The first-order valence-electron chi connectivity index (χ1n) is 5.04. The van der Waals surface area contributed by atoms with E-state index in [-0.39, 0.29) is 11.8 Å². The van der Waals surface area contributed by atoms with Crippen LogP contribution in [-0.2, 0) is 0 Å². The highest BCUT2D eigenvalue weighted by Crippen LogP contribution is 2.08. The van der Waals surface area contributed by atoms with E-state index < -0.39 is 0 Å². The molecule has 1 N–H and O–H groups in total. The number of rotatable bonds is 1. The summed E-state index contributed by atoms with van der Waals surface area (Å²) in [5.41, 5.74) is 0.878. The first kappa shape index (κ1) is 12.7. The van der Waals surface area contributed by atoms with E-state index in [1.54, 1.807) is 36.0 Å². The Labute approximate surface area is 101 Å². The lowest BCUT2D eigenvalue weighted by molar-refractivity contribution is 0.475. The number of phenols is 1. The molecule has 16 heavy (non-hydrogen) atoms. The Morgan fingerprint density at radius 1 is 1.31 bits per heavy atom. The van der Waals surface area contributed by atoms with Crippen molar-refractivity contribution in [2.75, 3.05) is 6.26 Å². The third-order valence-electron chi connectivity index (χ3n) is 1.75. The summed E-state index contributed by atoms with van der Waals surface area (Å²) >= 11 is 1.55. The largest absolute Gasteiger partial charge is 0.508 e. The number of thioether (sulfide) groups is 1. The van der Waals surface area contributed by atoms with Crippen LogP contribution in [0.5, 0.6) is 5.75 Å². The molecule has 1 rings (SSSR count). The molecule has 0 amide bonds. The molecule has 0 saturated carbocycles. The summed E-state index contributed by atoms with van der Waals surface area (Å²) in [6.07, 6.45) is 1.96. The van der Waals surface area contributed by atoms with Gasteiger partial charge < -0.3 is 5.11 Å². The fraction of sp³-hybridized carbons (Fsp3) is 0.308. The number of phenolic OH excluding ortho intramolecular Hbond substituents is 1. The van der Waals surface area contributed by atoms with Crippen LogP contribution >= 0.6 is 11.8 Å². The third-order valence-corrected chi connectivity index (χ3v) is 2.34. The lowest BCUT2D eigenvalue weighted by Gasteiger charge is -1.97. The molecule has 1 aromatic carbocycles. The van der Waals surface area contributed by atoms with E-state index in [1.165, 1.54) is 0 Å². The van der Waals surface area contributed by atoms with Gasteiger partial charge in [0.1, 0.15) is 10.8 Å². The van der Waals surface area contributed by atoms with E-state index in [0.717, 1.165) is 10.6 Å². The van der Waals surface area contributed by atoms with Crippen molar-refractivity contribution in [3.63, 3.8) is 0 Å². The Bertz CT molecular complexity index is 423. The van der Waals surface area contributed by atoms with Crippen LogP contribution in [0.1, 0.15) is 19.4 Å². The SMILES string of the molecule is CSC(C#Cc1ccc(O)cc1)=NC(C)C. The summed E-state index contributed by atoms with van der Waals surface area (Å²) in [5, 5.41) is 9.96. The quantitative estimate of drug-likeness (QED) is 0.459. The number of nitrogens with zero attached hydrogens (tertiary/aromatic N) is 1. The number of hydrogen-bond acceptors (Lipinski definition) is 3. The van der Waals surface area contributed by atoms with Crippen LogP contribution in [0.25, 0.3) is 0 Å². The molecule has 0 fully saturated rings. The number of aromatic hydroxyl groups is 1. The zero-order valence-corrected chi connectivity index (χ0v) is 10.5. The highest BCUT2D eigenvalue weighted by Gasteiger charge is 1.94. The van der Waals surface area contributed by atoms with Crippen LogP contribution < -0.4 is 0 Å². The number of benzene rings is 1. The van der Waals surface area contributed by atoms with Crippen LogP contribution in [-0.4, -0.2) is 22.4 Å². The van der Waals surface area contributed by atoms with Gasteiger partial charge in [-0.2, -0.15) is 0 Å². The molecule has 0 unspecified atom stereocenters. The van der Waals surface area contributed by atoms with Gasteiger partial charge in [0, 0.05) is 11.6 Å². The summed E-state index contributed by atoms with van der Waals surface area (Å²) in [4.78, 5) is 4.38. The van der Waals surface area contributed by atoms with Gasteiger partial charge >= 0.3 is 0 Å². The van der Waals surface area contributed by atoms with E-state index >= 15 is 0 Å². The predicted molar refractivity (Wildman–Crippen MR) is 71.1 cm³/mol. The molecule has 84 valence electrons. The van der Waals surface area contributed by atoms with Crippen molar-refractivity contribution in [1.29, 1.82) is 0 Å². The minimum absolute atomic E-state index is 0.256. The van der Waals surface area contributed by atoms with Gasteiger partial charge in [0.2, 0.25) is 0 Å². The molecule has 0 aliphatic heterocycles. The molecule has 0 saturated heterocycles. The summed E-state index contributed by atoms with van der Waals surface area (Å²) in [5.74, 6) is 6.29. The van der Waals surface area contributed by atoms with Crippen molar-refractivity contribution < 1.29 is 5.11 Å². The van der Waals surface area contributed by atoms with E-state index in [4.69, 9.17) is 5.11 Å². The predicted octanol–water partition coefficient (Wildman–Crippen LogP) is 2.91. The van der Waals surface area contributed by atoms with Gasteiger partial charge in [-0.3, -0.25) is 4.99 Å². The lowest BCUT2D eigenvalue weighted by Crippen LogP contribution is -1.95. The van der Waals surface area contributed by atoms with Gasteiger partial charge in [-0.15, -0.1) is 11.8 Å². The minimum Gasteiger partial charge on any atom is -0.508 e. The van der Waals surface area contributed by atoms with Crippen LogP contribution in [0, 0.1) is 11.8 Å². The van der Waals surface area contributed by atoms with E-state index in [1.807, 2.05) is 20.1 Å². The highest BCUT2D eigenvalue weighted by atomic mass is 32.2. The summed E-state index contributed by atoms with van der Waals surface area (Å²) in [6.45, 7) is 4.05. The Kier molecular flexibility index (Phi) is 4.94. The molecular formula is C13H15NOS. The average Bonchev–Trinajstić information content (AvgIpc) is 2.26. The van der Waals surface area contributed by atoms with Gasteiger partial charge in [-0.05, 0) is 50.3 Å². The van der Waals surface area contributed by atoms with Crippen molar-refractivity contribution in [2.24, 2.45) is 4.99 Å². The van der Waals surface area contributed by atoms with Crippen LogP contribution in [0.15, 0.2) is 29.3 Å². The Morgan fingerprint density at radius 3 is 2.44 bits per heavy atom. The molecular weight excluding hydrogens is 218 g/mol. The molecule has 0 heterocycles. The molecule has 1 aromatic rings. The smallest absolute Gasteiger partial charge is 0.141 e. The van der Waals surface area contributed by atoms with Gasteiger partial charge in [0.25, 0.3) is 0 Å². The van der Waals surface area contributed by atoms with Crippen LogP contribution in [0.3, 0.4) is 0 Å². The second kappa shape index (κ2) is 6.24. The highest BCUT2D eigenvalue weighted by molar-refractivity contribution is 8.13. The number of aliphatic imine (C=N–C) groups is 1. The molecule has 0 atom stereocenters.